The number of hydrogen-bond acceptors (Lipinski definition) is 6. The number of aliphatic hydroxyl groups is 1. The van der Waals surface area contributed by atoms with Crippen molar-refractivity contribution >= 4 is 5.97 Å². The van der Waals surface area contributed by atoms with E-state index in [0.29, 0.717) is 32.5 Å². The van der Waals surface area contributed by atoms with Crippen LogP contribution in [0.3, 0.4) is 0 Å². The summed E-state index contributed by atoms with van der Waals surface area (Å²) in [6.07, 6.45) is 1.08. The fourth-order valence-corrected chi connectivity index (χ4v) is 3.74. The molecule has 1 N–H and O–H groups in total. The van der Waals surface area contributed by atoms with E-state index in [1.54, 1.807) is 0 Å². The van der Waals surface area contributed by atoms with Gasteiger partial charge in [-0.1, -0.05) is 66.2 Å². The van der Waals surface area contributed by atoms with Crippen LogP contribution in [0.4, 0.5) is 0 Å². The lowest BCUT2D eigenvalue weighted by molar-refractivity contribution is -0.170. The lowest BCUT2D eigenvalue weighted by Crippen LogP contribution is -2.37. The monoisotopic (exact) mass is 440 g/mol. The Labute approximate surface area is 189 Å². The Morgan fingerprint density at radius 2 is 1.62 bits per heavy atom. The molecule has 1 aliphatic rings. The second-order valence-electron chi connectivity index (χ2n) is 8.02. The van der Waals surface area contributed by atoms with Crippen LogP contribution < -0.4 is 0 Å². The number of carbonyl (C=O) groups is 1. The summed E-state index contributed by atoms with van der Waals surface area (Å²) in [6, 6.07) is 20.0. The summed E-state index contributed by atoms with van der Waals surface area (Å²) in [7, 11) is 1.34. The average Bonchev–Trinajstić information content (AvgIpc) is 2.81. The van der Waals surface area contributed by atoms with E-state index < -0.39 is 12.3 Å². The zero-order valence-corrected chi connectivity index (χ0v) is 18.7. The van der Waals surface area contributed by atoms with Gasteiger partial charge in [-0.15, -0.1) is 0 Å². The molecule has 6 nitrogen and oxygen atoms in total. The number of rotatable bonds is 10. The zero-order valence-electron chi connectivity index (χ0n) is 18.7. The molecule has 2 aromatic carbocycles. The molecule has 0 bridgehead atoms. The van der Waals surface area contributed by atoms with E-state index in [-0.39, 0.29) is 18.3 Å². The van der Waals surface area contributed by atoms with E-state index in [4.69, 9.17) is 18.9 Å². The van der Waals surface area contributed by atoms with Crippen LogP contribution in [0.1, 0.15) is 37.3 Å². The minimum atomic E-state index is -0.958. The van der Waals surface area contributed by atoms with E-state index in [1.807, 2.05) is 67.6 Å². The van der Waals surface area contributed by atoms with Crippen LogP contribution in [0.2, 0.25) is 0 Å². The first-order valence-electron chi connectivity index (χ1n) is 11.0. The molecule has 1 fully saturated rings. The second kappa shape index (κ2) is 12.5. The molecule has 2 aromatic rings. The quantitative estimate of drug-likeness (QED) is 0.442. The predicted octanol–water partition coefficient (Wildman–Crippen LogP) is 4.16. The number of methoxy groups -OCH3 is 1. The van der Waals surface area contributed by atoms with Crippen molar-refractivity contribution in [3.8, 4) is 0 Å². The van der Waals surface area contributed by atoms with Crippen molar-refractivity contribution < 1.29 is 28.8 Å². The Balaban J connectivity index is 1.66. The molecule has 3 rings (SSSR count). The van der Waals surface area contributed by atoms with Crippen LogP contribution in [-0.4, -0.2) is 42.8 Å². The lowest BCUT2D eigenvalue weighted by atomic mass is 9.95. The van der Waals surface area contributed by atoms with Crippen molar-refractivity contribution in [1.82, 2.24) is 0 Å². The molecular formula is C26H32O6. The average molecular weight is 441 g/mol. The maximum atomic E-state index is 11.6. The van der Waals surface area contributed by atoms with E-state index in [1.165, 1.54) is 13.2 Å². The van der Waals surface area contributed by atoms with Gasteiger partial charge in [-0.2, -0.15) is 0 Å². The van der Waals surface area contributed by atoms with Crippen LogP contribution >= 0.6 is 0 Å². The third kappa shape index (κ3) is 7.88. The maximum Gasteiger partial charge on any atom is 0.330 e. The van der Waals surface area contributed by atoms with Crippen molar-refractivity contribution in [2.75, 3.05) is 7.11 Å². The Bertz CT molecular complexity index is 851. The summed E-state index contributed by atoms with van der Waals surface area (Å²) in [5, 5.41) is 10.2. The minimum Gasteiger partial charge on any atom is -0.466 e. The van der Waals surface area contributed by atoms with Gasteiger partial charge in [0.2, 0.25) is 0 Å². The van der Waals surface area contributed by atoms with Crippen LogP contribution in [0.25, 0.3) is 0 Å². The number of esters is 1. The van der Waals surface area contributed by atoms with Crippen molar-refractivity contribution in [3.63, 3.8) is 0 Å². The summed E-state index contributed by atoms with van der Waals surface area (Å²) < 4.78 is 22.9. The van der Waals surface area contributed by atoms with Gasteiger partial charge in [0.05, 0.1) is 38.6 Å². The van der Waals surface area contributed by atoms with Gasteiger partial charge >= 0.3 is 5.97 Å². The number of carbonyl (C=O) groups excluding carboxylic acids is 1. The molecule has 0 aliphatic carbocycles. The summed E-state index contributed by atoms with van der Waals surface area (Å²) in [4.78, 5) is 11.6. The smallest absolute Gasteiger partial charge is 0.330 e. The molecule has 32 heavy (non-hydrogen) atoms. The fourth-order valence-electron chi connectivity index (χ4n) is 3.74. The summed E-state index contributed by atoms with van der Waals surface area (Å²) >= 11 is 0. The van der Waals surface area contributed by atoms with Gasteiger partial charge < -0.3 is 24.1 Å². The molecule has 6 heteroatoms. The van der Waals surface area contributed by atoms with E-state index in [9.17, 15) is 9.90 Å². The van der Waals surface area contributed by atoms with Crippen molar-refractivity contribution in [2.45, 2.75) is 64.0 Å². The molecule has 172 valence electrons. The van der Waals surface area contributed by atoms with Crippen LogP contribution in [0, 0.1) is 0 Å². The first kappa shape index (κ1) is 24.1. The van der Waals surface area contributed by atoms with Gasteiger partial charge in [-0.05, 0) is 24.5 Å². The second-order valence-corrected chi connectivity index (χ2v) is 8.02. The number of ether oxygens (including phenoxy) is 4. The van der Waals surface area contributed by atoms with Gasteiger partial charge in [-0.3, -0.25) is 0 Å². The third-order valence-electron chi connectivity index (χ3n) is 5.48. The molecule has 1 heterocycles. The first-order chi connectivity index (χ1) is 15.5. The molecule has 4 atom stereocenters. The van der Waals surface area contributed by atoms with Gasteiger partial charge in [0, 0.05) is 18.9 Å². The Kier molecular flexibility index (Phi) is 9.43. The lowest BCUT2D eigenvalue weighted by Gasteiger charge is -2.33. The molecule has 0 radical (unpaired) electrons. The van der Waals surface area contributed by atoms with Crippen LogP contribution in [0.5, 0.6) is 0 Å². The predicted molar refractivity (Wildman–Crippen MR) is 121 cm³/mol. The number of hydrogen-bond donors (Lipinski definition) is 1. The highest BCUT2D eigenvalue weighted by Crippen LogP contribution is 2.28. The topological polar surface area (TPSA) is 74.2 Å². The highest BCUT2D eigenvalue weighted by Gasteiger charge is 2.30. The molecular weight excluding hydrogens is 408 g/mol. The summed E-state index contributed by atoms with van der Waals surface area (Å²) in [5.41, 5.74) is 2.97. The molecule has 1 saturated heterocycles. The normalized spacial score (nSPS) is 21.8. The fraction of sp³-hybridized carbons (Fsp3) is 0.423. The Hall–Kier alpha value is -2.51. The maximum absolute atomic E-state index is 11.6. The number of benzene rings is 2. The van der Waals surface area contributed by atoms with Crippen LogP contribution in [0.15, 0.2) is 72.3 Å². The SMILES string of the molecule is COC(=O)/C=C1/CC(O)O[C@H](C[C@@H](OCc2ccccc2)[C@@H](C)OCc2ccccc2)C1. The van der Waals surface area contributed by atoms with Gasteiger partial charge in [0.1, 0.15) is 0 Å². The van der Waals surface area contributed by atoms with Gasteiger partial charge in [-0.25, -0.2) is 4.79 Å². The summed E-state index contributed by atoms with van der Waals surface area (Å²) in [5.74, 6) is -0.427. The van der Waals surface area contributed by atoms with Crippen molar-refractivity contribution in [2.24, 2.45) is 0 Å². The minimum absolute atomic E-state index is 0.199. The van der Waals surface area contributed by atoms with E-state index in [2.05, 4.69) is 0 Å². The molecule has 0 saturated carbocycles. The van der Waals surface area contributed by atoms with E-state index >= 15 is 0 Å². The Morgan fingerprint density at radius 3 is 2.22 bits per heavy atom. The van der Waals surface area contributed by atoms with Crippen molar-refractivity contribution in [1.29, 1.82) is 0 Å². The molecule has 0 aromatic heterocycles. The molecule has 0 amide bonds. The Morgan fingerprint density at radius 1 is 1.03 bits per heavy atom. The number of aliphatic hydroxyl groups excluding tert-OH is 1. The van der Waals surface area contributed by atoms with Gasteiger partial charge in [0.25, 0.3) is 0 Å². The summed E-state index contributed by atoms with van der Waals surface area (Å²) in [6.45, 7) is 2.92. The van der Waals surface area contributed by atoms with Crippen molar-refractivity contribution in [3.05, 3.63) is 83.4 Å². The highest BCUT2D eigenvalue weighted by molar-refractivity contribution is 5.82. The van der Waals surface area contributed by atoms with E-state index in [0.717, 1.165) is 16.7 Å². The highest BCUT2D eigenvalue weighted by atomic mass is 16.6. The standard InChI is InChI=1S/C26H32O6/c1-19(30-17-20-9-5-3-6-10-20)24(31-18-21-11-7-4-8-12-21)16-23-13-22(14-25(27)29-2)15-26(28)32-23/h3-12,14,19,23-24,26,28H,13,15-18H2,1-2H3/b22-14+/t19-,23+,24-,26?/m1/s1. The molecule has 1 unspecified atom stereocenters. The zero-order chi connectivity index (χ0) is 22.8. The largest absolute Gasteiger partial charge is 0.466 e. The first-order valence-corrected chi connectivity index (χ1v) is 11.0. The molecule has 0 spiro atoms. The molecule has 1 aliphatic heterocycles. The van der Waals surface area contributed by atoms with Gasteiger partial charge in [0.15, 0.2) is 6.29 Å². The van der Waals surface area contributed by atoms with Crippen LogP contribution in [-0.2, 0) is 37.0 Å². The third-order valence-corrected chi connectivity index (χ3v) is 5.48.